The molecule has 0 radical (unpaired) electrons. The number of ether oxygens (including phenoxy) is 3. The first-order chi connectivity index (χ1) is 14.8. The summed E-state index contributed by atoms with van der Waals surface area (Å²) in [5.41, 5.74) is 2.56. The highest BCUT2D eigenvalue weighted by Gasteiger charge is 2.19. The topological polar surface area (TPSA) is 34.2 Å². The van der Waals surface area contributed by atoms with Gasteiger partial charge in [0.1, 0.15) is 11.5 Å². The van der Waals surface area contributed by atoms with Gasteiger partial charge in [0.2, 0.25) is 6.79 Å². The van der Waals surface area contributed by atoms with Crippen LogP contribution in [0.4, 0.5) is 0 Å². The summed E-state index contributed by atoms with van der Waals surface area (Å²) < 4.78 is 16.9. The Morgan fingerprint density at radius 1 is 0.633 bits per heavy atom. The molecule has 0 atom stereocenters. The summed E-state index contributed by atoms with van der Waals surface area (Å²) in [4.78, 5) is 5.01. The van der Waals surface area contributed by atoms with Gasteiger partial charge in [-0.25, -0.2) is 0 Å². The van der Waals surface area contributed by atoms with Crippen LogP contribution in [0, 0.1) is 0 Å². The van der Waals surface area contributed by atoms with Crippen molar-refractivity contribution in [2.45, 2.75) is 13.1 Å². The van der Waals surface area contributed by atoms with E-state index >= 15 is 0 Å². The van der Waals surface area contributed by atoms with E-state index in [2.05, 4.69) is 40.1 Å². The van der Waals surface area contributed by atoms with E-state index in [-0.39, 0.29) is 0 Å². The summed E-state index contributed by atoms with van der Waals surface area (Å²) in [6.07, 6.45) is 0. The van der Waals surface area contributed by atoms with Crippen LogP contribution >= 0.6 is 0 Å². The molecule has 154 valence electrons. The molecule has 0 aliphatic carbocycles. The van der Waals surface area contributed by atoms with Gasteiger partial charge in [-0.05, 0) is 47.5 Å². The molecule has 0 unspecified atom stereocenters. The van der Waals surface area contributed by atoms with Crippen LogP contribution in [-0.2, 0) is 13.1 Å². The average molecular weight is 402 g/mol. The minimum atomic E-state index is 0.328. The fourth-order valence-corrected chi connectivity index (χ4v) is 3.99. The molecule has 0 N–H and O–H groups in total. The lowest BCUT2D eigenvalue weighted by Gasteiger charge is -2.34. The van der Waals surface area contributed by atoms with Crippen LogP contribution in [0.2, 0.25) is 0 Å². The van der Waals surface area contributed by atoms with Crippen molar-refractivity contribution >= 4 is 0 Å². The van der Waals surface area contributed by atoms with Gasteiger partial charge in [-0.3, -0.25) is 9.80 Å². The lowest BCUT2D eigenvalue weighted by atomic mass is 10.1. The number of nitrogens with zero attached hydrogens (tertiary/aromatic N) is 2. The van der Waals surface area contributed by atoms with Crippen LogP contribution in [0.1, 0.15) is 11.1 Å². The van der Waals surface area contributed by atoms with Gasteiger partial charge in [0.15, 0.2) is 11.5 Å². The SMILES string of the molecule is c1ccc(Oc2cccc(CN3CCN(Cc4ccc5c(c4)OCO5)CC3)c2)cc1. The molecule has 5 heteroatoms. The third-order valence-corrected chi connectivity index (χ3v) is 5.59. The summed E-state index contributed by atoms with van der Waals surface area (Å²) in [6, 6.07) is 24.6. The van der Waals surface area contributed by atoms with Crippen LogP contribution in [-0.4, -0.2) is 42.8 Å². The highest BCUT2D eigenvalue weighted by Crippen LogP contribution is 2.33. The second kappa shape index (κ2) is 8.78. The van der Waals surface area contributed by atoms with Crippen LogP contribution in [0.25, 0.3) is 0 Å². The summed E-state index contributed by atoms with van der Waals surface area (Å²) in [5, 5.41) is 0. The van der Waals surface area contributed by atoms with Gasteiger partial charge in [-0.2, -0.15) is 0 Å². The summed E-state index contributed by atoms with van der Waals surface area (Å²) in [7, 11) is 0. The van der Waals surface area contributed by atoms with Crippen molar-refractivity contribution in [1.29, 1.82) is 0 Å². The maximum absolute atomic E-state index is 5.98. The van der Waals surface area contributed by atoms with Crippen LogP contribution in [0.15, 0.2) is 72.8 Å². The van der Waals surface area contributed by atoms with Crippen LogP contribution in [0.5, 0.6) is 23.0 Å². The van der Waals surface area contributed by atoms with E-state index < -0.39 is 0 Å². The summed E-state index contributed by atoms with van der Waals surface area (Å²) in [5.74, 6) is 3.47. The molecule has 0 amide bonds. The molecular formula is C25H26N2O3. The molecule has 2 aliphatic heterocycles. The Bertz CT molecular complexity index is 985. The first kappa shape index (κ1) is 19.0. The number of rotatable bonds is 6. The van der Waals surface area contributed by atoms with Gasteiger partial charge in [-0.15, -0.1) is 0 Å². The number of fused-ring (bicyclic) bond motifs is 1. The summed E-state index contributed by atoms with van der Waals surface area (Å²) >= 11 is 0. The van der Waals surface area contributed by atoms with Crippen molar-refractivity contribution in [3.05, 3.63) is 83.9 Å². The Morgan fingerprint density at radius 3 is 2.07 bits per heavy atom. The predicted molar refractivity (Wildman–Crippen MR) is 116 cm³/mol. The second-order valence-corrected chi connectivity index (χ2v) is 7.80. The molecule has 0 bridgehead atoms. The van der Waals surface area contributed by atoms with Crippen molar-refractivity contribution < 1.29 is 14.2 Å². The molecule has 0 saturated carbocycles. The molecule has 5 rings (SSSR count). The number of benzene rings is 3. The maximum Gasteiger partial charge on any atom is 0.231 e. The standard InChI is InChI=1S/C25H26N2O3/c1-2-6-22(7-3-1)30-23-8-4-5-20(15-23)17-26-11-13-27(14-12-26)18-21-9-10-24-25(16-21)29-19-28-24/h1-10,15-16H,11-14,17-19H2. The first-order valence-electron chi connectivity index (χ1n) is 10.5. The molecule has 1 saturated heterocycles. The number of piperazine rings is 1. The van der Waals surface area contributed by atoms with Gasteiger partial charge in [0.05, 0.1) is 0 Å². The van der Waals surface area contributed by atoms with Crippen LogP contribution in [0.3, 0.4) is 0 Å². The molecule has 0 spiro atoms. The zero-order chi connectivity index (χ0) is 20.2. The van der Waals surface area contributed by atoms with Crippen molar-refractivity contribution in [2.24, 2.45) is 0 Å². The Hall–Kier alpha value is -3.02. The van der Waals surface area contributed by atoms with E-state index in [4.69, 9.17) is 14.2 Å². The van der Waals surface area contributed by atoms with E-state index in [1.54, 1.807) is 0 Å². The van der Waals surface area contributed by atoms with Crippen molar-refractivity contribution in [3.8, 4) is 23.0 Å². The Balaban J connectivity index is 1.13. The Kier molecular flexibility index (Phi) is 5.55. The Morgan fingerprint density at radius 2 is 1.30 bits per heavy atom. The minimum Gasteiger partial charge on any atom is -0.457 e. The molecule has 0 aromatic heterocycles. The molecule has 3 aromatic carbocycles. The third kappa shape index (κ3) is 4.58. The zero-order valence-corrected chi connectivity index (χ0v) is 17.0. The van der Waals surface area contributed by atoms with Gasteiger partial charge in [0, 0.05) is 39.3 Å². The molecule has 1 fully saturated rings. The van der Waals surface area contributed by atoms with Gasteiger partial charge in [-0.1, -0.05) is 36.4 Å². The number of hydrogen-bond donors (Lipinski definition) is 0. The highest BCUT2D eigenvalue weighted by molar-refractivity contribution is 5.44. The predicted octanol–water partition coefficient (Wildman–Crippen LogP) is 4.53. The molecule has 2 heterocycles. The van der Waals surface area contributed by atoms with Crippen molar-refractivity contribution in [2.75, 3.05) is 33.0 Å². The number of hydrogen-bond acceptors (Lipinski definition) is 5. The smallest absolute Gasteiger partial charge is 0.231 e. The normalized spacial score (nSPS) is 16.5. The van der Waals surface area contributed by atoms with Crippen molar-refractivity contribution in [1.82, 2.24) is 9.80 Å². The molecule has 3 aromatic rings. The van der Waals surface area contributed by atoms with E-state index in [1.807, 2.05) is 42.5 Å². The molecular weight excluding hydrogens is 376 g/mol. The third-order valence-electron chi connectivity index (χ3n) is 5.59. The fourth-order valence-electron chi connectivity index (χ4n) is 3.99. The lowest BCUT2D eigenvalue weighted by Crippen LogP contribution is -2.45. The van der Waals surface area contributed by atoms with Gasteiger partial charge >= 0.3 is 0 Å². The van der Waals surface area contributed by atoms with Gasteiger partial charge < -0.3 is 14.2 Å². The monoisotopic (exact) mass is 402 g/mol. The Labute approximate surface area is 177 Å². The van der Waals surface area contributed by atoms with E-state index in [0.29, 0.717) is 6.79 Å². The van der Waals surface area contributed by atoms with Crippen molar-refractivity contribution in [3.63, 3.8) is 0 Å². The minimum absolute atomic E-state index is 0.328. The first-order valence-corrected chi connectivity index (χ1v) is 10.5. The molecule has 30 heavy (non-hydrogen) atoms. The molecule has 2 aliphatic rings. The van der Waals surface area contributed by atoms with E-state index in [1.165, 1.54) is 11.1 Å². The second-order valence-electron chi connectivity index (χ2n) is 7.80. The average Bonchev–Trinajstić information content (AvgIpc) is 3.24. The lowest BCUT2D eigenvalue weighted by molar-refractivity contribution is 0.122. The fraction of sp³-hybridized carbons (Fsp3) is 0.280. The largest absolute Gasteiger partial charge is 0.457 e. The maximum atomic E-state index is 5.98. The van der Waals surface area contributed by atoms with Crippen LogP contribution < -0.4 is 14.2 Å². The van der Waals surface area contributed by atoms with E-state index in [0.717, 1.165) is 62.3 Å². The zero-order valence-electron chi connectivity index (χ0n) is 17.0. The van der Waals surface area contributed by atoms with E-state index in [9.17, 15) is 0 Å². The highest BCUT2D eigenvalue weighted by atomic mass is 16.7. The number of para-hydroxylation sites is 1. The quantitative estimate of drug-likeness (QED) is 0.605. The summed E-state index contributed by atoms with van der Waals surface area (Å²) in [6.45, 7) is 6.48. The van der Waals surface area contributed by atoms with Gasteiger partial charge in [0.25, 0.3) is 0 Å². The molecule has 5 nitrogen and oxygen atoms in total.